The number of rotatable bonds is 5. The minimum Gasteiger partial charge on any atom is -0.232 e. The fraction of sp³-hybridized carbons (Fsp3) is 0.667. The Morgan fingerprint density at radius 1 is 1.35 bits per heavy atom. The monoisotopic (exact) mass is 375 g/mol. The zero-order chi connectivity index (χ0) is 14.8. The van der Waals surface area contributed by atoms with Crippen molar-refractivity contribution < 1.29 is 0 Å². The van der Waals surface area contributed by atoms with Crippen LogP contribution in [-0.4, -0.2) is 25.2 Å². The highest BCUT2D eigenvalue weighted by molar-refractivity contribution is 9.11. The number of halogens is 1. The van der Waals surface area contributed by atoms with E-state index in [0.29, 0.717) is 0 Å². The van der Waals surface area contributed by atoms with Crippen molar-refractivity contribution in [3.8, 4) is 0 Å². The molecule has 2 rings (SSSR count). The summed E-state index contributed by atoms with van der Waals surface area (Å²) in [6.45, 7) is 9.49. The zero-order valence-electron chi connectivity index (χ0n) is 12.1. The molecule has 0 unspecified atom stereocenters. The smallest absolute Gasteiger partial charge is 0.216 e. The second-order valence-corrected chi connectivity index (χ2v) is 9.02. The van der Waals surface area contributed by atoms with Gasteiger partial charge in [-0.3, -0.25) is 0 Å². The average molecular weight is 376 g/mol. The van der Waals surface area contributed by atoms with E-state index in [9.17, 15) is 0 Å². The third-order valence-electron chi connectivity index (χ3n) is 2.68. The van der Waals surface area contributed by atoms with Gasteiger partial charge in [-0.2, -0.15) is 0 Å². The van der Waals surface area contributed by atoms with Crippen LogP contribution in [0.4, 0.5) is 0 Å². The van der Waals surface area contributed by atoms with Crippen LogP contribution in [0.2, 0.25) is 0 Å². The lowest BCUT2D eigenvalue weighted by atomic mass is 9.93. The Hall–Kier alpha value is -0.470. The van der Waals surface area contributed by atoms with E-state index in [0.717, 1.165) is 38.4 Å². The van der Waals surface area contributed by atoms with Crippen LogP contribution in [-0.2, 0) is 12.0 Å². The highest BCUT2D eigenvalue weighted by Gasteiger charge is 2.23. The topological polar surface area (TPSA) is 56.5 Å². The lowest BCUT2D eigenvalue weighted by molar-refractivity contribution is 0.518. The van der Waals surface area contributed by atoms with Crippen LogP contribution in [0, 0.1) is 0 Å². The van der Waals surface area contributed by atoms with Crippen LogP contribution in [0.3, 0.4) is 0 Å². The molecule has 2 aromatic heterocycles. The van der Waals surface area contributed by atoms with Gasteiger partial charge in [-0.05, 0) is 44.5 Å². The summed E-state index contributed by atoms with van der Waals surface area (Å²) in [6, 6.07) is 0. The van der Waals surface area contributed by atoms with Gasteiger partial charge in [-0.25, -0.2) is 9.67 Å². The molecule has 5 nitrogen and oxygen atoms in total. The zero-order valence-corrected chi connectivity index (χ0v) is 15.3. The minimum atomic E-state index is 0.0300. The predicted octanol–water partition coefficient (Wildman–Crippen LogP) is 4.14. The molecule has 110 valence electrons. The van der Waals surface area contributed by atoms with Gasteiger partial charge in [-0.15, -0.1) is 5.10 Å². The Kier molecular flexibility index (Phi) is 5.19. The molecule has 0 atom stereocenters. The number of unbranched alkanes of at least 4 members (excludes halogenated alkanes) is 1. The lowest BCUT2D eigenvalue weighted by Crippen LogP contribution is -2.12. The highest BCUT2D eigenvalue weighted by Crippen LogP contribution is 2.39. The normalized spacial score (nSPS) is 12.1. The molecule has 0 N–H and O–H groups in total. The van der Waals surface area contributed by atoms with E-state index < -0.39 is 0 Å². The first-order chi connectivity index (χ1) is 9.41. The number of hydrogen-bond acceptors (Lipinski definition) is 6. The highest BCUT2D eigenvalue weighted by atomic mass is 79.9. The first kappa shape index (κ1) is 15.9. The van der Waals surface area contributed by atoms with Crippen molar-refractivity contribution >= 4 is 39.0 Å². The van der Waals surface area contributed by atoms with E-state index in [4.69, 9.17) is 4.98 Å². The molecule has 0 aliphatic heterocycles. The fourth-order valence-electron chi connectivity index (χ4n) is 1.59. The summed E-state index contributed by atoms with van der Waals surface area (Å²) < 4.78 is 3.90. The van der Waals surface area contributed by atoms with Crippen LogP contribution < -0.4 is 0 Å². The van der Waals surface area contributed by atoms with Crippen LogP contribution >= 0.6 is 39.0 Å². The molecule has 0 bridgehead atoms. The summed E-state index contributed by atoms with van der Waals surface area (Å²) in [7, 11) is 0. The molecule has 0 aromatic carbocycles. The summed E-state index contributed by atoms with van der Waals surface area (Å²) >= 11 is 6.76. The molecule has 0 aliphatic rings. The van der Waals surface area contributed by atoms with Gasteiger partial charge in [0.05, 0.1) is 9.48 Å². The number of aromatic nitrogens is 5. The lowest BCUT2D eigenvalue weighted by Gasteiger charge is -2.15. The van der Waals surface area contributed by atoms with Gasteiger partial charge in [0.1, 0.15) is 0 Å². The molecule has 0 fully saturated rings. The molecule has 0 spiro atoms. The molecule has 0 aliphatic carbocycles. The van der Waals surface area contributed by atoms with Gasteiger partial charge in [0.2, 0.25) is 5.16 Å². The second-order valence-electron chi connectivity index (χ2n) is 5.49. The third-order valence-corrected chi connectivity index (χ3v) is 5.42. The molecule has 0 radical (unpaired) electrons. The first-order valence-corrected chi connectivity index (χ1v) is 8.95. The number of hydrogen-bond donors (Lipinski definition) is 0. The molecule has 2 heterocycles. The molecule has 0 saturated carbocycles. The van der Waals surface area contributed by atoms with E-state index >= 15 is 0 Å². The SMILES string of the molecule is CCCCn1nnnc1Sc1nc(C(C)(C)C)c(Br)s1. The summed E-state index contributed by atoms with van der Waals surface area (Å²) in [5.41, 5.74) is 1.11. The standard InChI is InChI=1S/C12H18BrN5S2/c1-5-6-7-18-10(15-16-17-18)20-11-14-8(9(13)19-11)12(2,3)4/h5-7H2,1-4H3. The van der Waals surface area contributed by atoms with Gasteiger partial charge in [0.25, 0.3) is 0 Å². The number of nitrogens with zero attached hydrogens (tertiary/aromatic N) is 5. The summed E-state index contributed by atoms with van der Waals surface area (Å²) in [5.74, 6) is 0. The fourth-order valence-corrected chi connectivity index (χ4v) is 5.03. The van der Waals surface area contributed by atoms with Crippen molar-refractivity contribution in [1.82, 2.24) is 25.2 Å². The van der Waals surface area contributed by atoms with E-state index in [-0.39, 0.29) is 5.41 Å². The van der Waals surface area contributed by atoms with Crippen LogP contribution in [0.25, 0.3) is 0 Å². The quantitative estimate of drug-likeness (QED) is 0.785. The Balaban J connectivity index is 2.17. The van der Waals surface area contributed by atoms with Crippen LogP contribution in [0.1, 0.15) is 46.2 Å². The predicted molar refractivity (Wildman–Crippen MR) is 85.4 cm³/mol. The molecule has 2 aromatic rings. The molecular weight excluding hydrogens is 358 g/mol. The van der Waals surface area contributed by atoms with E-state index in [2.05, 4.69) is 59.2 Å². The largest absolute Gasteiger partial charge is 0.232 e. The van der Waals surface area contributed by atoms with Gasteiger partial charge in [-0.1, -0.05) is 45.5 Å². The maximum atomic E-state index is 4.70. The van der Waals surface area contributed by atoms with Crippen molar-refractivity contribution in [2.24, 2.45) is 0 Å². The Labute approximate surface area is 135 Å². The van der Waals surface area contributed by atoms with Crippen molar-refractivity contribution in [2.45, 2.75) is 62.0 Å². The molecular formula is C12H18BrN5S2. The van der Waals surface area contributed by atoms with Gasteiger partial charge in [0.15, 0.2) is 4.34 Å². The van der Waals surface area contributed by atoms with Crippen molar-refractivity contribution in [3.63, 3.8) is 0 Å². The van der Waals surface area contributed by atoms with Crippen molar-refractivity contribution in [1.29, 1.82) is 0 Å². The number of tetrazole rings is 1. The Morgan fingerprint density at radius 3 is 2.70 bits per heavy atom. The van der Waals surface area contributed by atoms with Gasteiger partial charge in [0, 0.05) is 12.0 Å². The first-order valence-electron chi connectivity index (χ1n) is 6.52. The maximum Gasteiger partial charge on any atom is 0.216 e. The molecule has 0 amide bonds. The van der Waals surface area contributed by atoms with Crippen molar-refractivity contribution in [2.75, 3.05) is 0 Å². The van der Waals surface area contributed by atoms with Crippen LogP contribution in [0.5, 0.6) is 0 Å². The summed E-state index contributed by atoms with van der Waals surface area (Å²) in [4.78, 5) is 4.70. The number of aryl methyl sites for hydroxylation is 1. The minimum absolute atomic E-state index is 0.0300. The van der Waals surface area contributed by atoms with Gasteiger partial charge >= 0.3 is 0 Å². The molecule has 0 saturated heterocycles. The second kappa shape index (κ2) is 6.53. The third kappa shape index (κ3) is 3.79. The van der Waals surface area contributed by atoms with Crippen LogP contribution in [0.15, 0.2) is 13.3 Å². The summed E-state index contributed by atoms with van der Waals surface area (Å²) in [6.07, 6.45) is 2.20. The maximum absolute atomic E-state index is 4.70. The summed E-state index contributed by atoms with van der Waals surface area (Å²) in [5, 5.41) is 12.7. The average Bonchev–Trinajstić information content (AvgIpc) is 2.93. The van der Waals surface area contributed by atoms with Gasteiger partial charge < -0.3 is 0 Å². The molecule has 8 heteroatoms. The Bertz CT molecular complexity index is 573. The van der Waals surface area contributed by atoms with E-state index in [1.54, 1.807) is 11.3 Å². The molecule has 20 heavy (non-hydrogen) atoms. The number of thiazole rings is 1. The Morgan fingerprint density at radius 2 is 2.10 bits per heavy atom. The van der Waals surface area contributed by atoms with E-state index in [1.165, 1.54) is 11.8 Å². The van der Waals surface area contributed by atoms with E-state index in [1.807, 2.05) is 4.68 Å². The van der Waals surface area contributed by atoms with Crippen molar-refractivity contribution in [3.05, 3.63) is 9.48 Å².